The van der Waals surface area contributed by atoms with Gasteiger partial charge in [-0.3, -0.25) is 4.79 Å². The van der Waals surface area contributed by atoms with Crippen molar-refractivity contribution in [3.05, 3.63) is 28.3 Å². The molecule has 22 heavy (non-hydrogen) atoms. The van der Waals surface area contributed by atoms with E-state index in [4.69, 9.17) is 0 Å². The third kappa shape index (κ3) is 3.26. The van der Waals surface area contributed by atoms with Gasteiger partial charge in [0.25, 0.3) is 5.78 Å². The molecular formula is C10H3BrF6N4O. The van der Waals surface area contributed by atoms with Crippen molar-refractivity contribution in [2.75, 3.05) is 0 Å². The summed E-state index contributed by atoms with van der Waals surface area (Å²) < 4.78 is 74.1. The Bertz CT molecular complexity index is 723. The van der Waals surface area contributed by atoms with Gasteiger partial charge in [0.1, 0.15) is 10.3 Å². The van der Waals surface area contributed by atoms with Gasteiger partial charge in [0.05, 0.1) is 0 Å². The number of nitrogens with one attached hydrogen (secondary N) is 1. The smallest absolute Gasteiger partial charge is 0.331 e. The van der Waals surface area contributed by atoms with Crippen molar-refractivity contribution in [1.82, 2.24) is 19.9 Å². The minimum absolute atomic E-state index is 0.531. The number of H-pyrrole nitrogens is 1. The van der Waals surface area contributed by atoms with Gasteiger partial charge in [0.2, 0.25) is 0 Å². The quantitative estimate of drug-likeness (QED) is 0.632. The number of alkyl halides is 6. The zero-order chi connectivity index (χ0) is 16.7. The van der Waals surface area contributed by atoms with Crippen LogP contribution in [0, 0.1) is 0 Å². The van der Waals surface area contributed by atoms with E-state index in [1.165, 1.54) is 0 Å². The number of hydrogen-bond acceptors (Lipinski definition) is 4. The number of carbonyl (C=O) groups excluding carboxylic acids is 1. The maximum absolute atomic E-state index is 12.6. The molecule has 0 bridgehead atoms. The summed E-state index contributed by atoms with van der Waals surface area (Å²) in [4.78, 5) is 23.1. The van der Waals surface area contributed by atoms with Gasteiger partial charge < -0.3 is 4.98 Å². The summed E-state index contributed by atoms with van der Waals surface area (Å²) in [6.07, 6.45) is -9.11. The molecule has 0 spiro atoms. The molecule has 5 nitrogen and oxygen atoms in total. The van der Waals surface area contributed by atoms with Crippen LogP contribution in [0.2, 0.25) is 0 Å². The molecule has 0 saturated heterocycles. The van der Waals surface area contributed by atoms with Crippen molar-refractivity contribution in [1.29, 1.82) is 0 Å². The predicted molar refractivity (Wildman–Crippen MR) is 62.7 cm³/mol. The van der Waals surface area contributed by atoms with Gasteiger partial charge in [0.15, 0.2) is 17.3 Å². The molecule has 12 heteroatoms. The Balaban J connectivity index is 2.45. The Morgan fingerprint density at radius 1 is 1.14 bits per heavy atom. The topological polar surface area (TPSA) is 71.5 Å². The standard InChI is InChI=1S/C10H3BrF6N4O/c11-6-4(9(12,13)14)20-8(21-6)7-18-2-1-3(19-7)5(22)10(15,16)17/h1-2H,(H,20,21). The monoisotopic (exact) mass is 388 g/mol. The van der Waals surface area contributed by atoms with Crippen LogP contribution in [0.4, 0.5) is 26.3 Å². The van der Waals surface area contributed by atoms with Crippen LogP contribution in [0.5, 0.6) is 0 Å². The zero-order valence-corrected chi connectivity index (χ0v) is 11.6. The summed E-state index contributed by atoms with van der Waals surface area (Å²) in [6.45, 7) is 0. The minimum atomic E-state index is -5.16. The summed E-state index contributed by atoms with van der Waals surface area (Å²) >= 11 is 2.56. The summed E-state index contributed by atoms with van der Waals surface area (Å²) in [7, 11) is 0. The second-order valence-corrected chi connectivity index (χ2v) is 4.59. The molecule has 0 unspecified atom stereocenters. The first kappa shape index (κ1) is 16.4. The number of nitrogens with zero attached hydrogens (tertiary/aromatic N) is 3. The molecule has 0 aliphatic heterocycles. The highest BCUT2D eigenvalue weighted by atomic mass is 79.9. The van der Waals surface area contributed by atoms with Crippen LogP contribution >= 0.6 is 15.9 Å². The van der Waals surface area contributed by atoms with Crippen molar-refractivity contribution in [3.63, 3.8) is 0 Å². The van der Waals surface area contributed by atoms with E-state index in [2.05, 4.69) is 30.9 Å². The van der Waals surface area contributed by atoms with Crippen molar-refractivity contribution in [3.8, 4) is 11.6 Å². The van der Waals surface area contributed by atoms with Crippen LogP contribution in [0.15, 0.2) is 16.9 Å². The normalized spacial score (nSPS) is 12.5. The first-order valence-electron chi connectivity index (χ1n) is 5.28. The second-order valence-electron chi connectivity index (χ2n) is 3.84. The molecule has 0 radical (unpaired) electrons. The minimum Gasteiger partial charge on any atom is -0.331 e. The fourth-order valence-electron chi connectivity index (χ4n) is 1.39. The fraction of sp³-hybridized carbons (Fsp3) is 0.200. The molecule has 0 aliphatic carbocycles. The predicted octanol–water partition coefficient (Wildman–Crippen LogP) is 3.39. The first-order chi connectivity index (χ1) is 10.00. The average molecular weight is 389 g/mol. The van der Waals surface area contributed by atoms with Gasteiger partial charge in [-0.1, -0.05) is 0 Å². The molecule has 0 atom stereocenters. The molecule has 2 aromatic heterocycles. The van der Waals surface area contributed by atoms with E-state index in [0.29, 0.717) is 6.07 Å². The van der Waals surface area contributed by atoms with Gasteiger partial charge in [-0.25, -0.2) is 15.0 Å². The van der Waals surface area contributed by atoms with Crippen molar-refractivity contribution in [2.45, 2.75) is 12.4 Å². The number of aromatic amines is 1. The van der Waals surface area contributed by atoms with Crippen LogP contribution in [0.3, 0.4) is 0 Å². The van der Waals surface area contributed by atoms with E-state index in [1.54, 1.807) is 0 Å². The Kier molecular flexibility index (Phi) is 3.98. The van der Waals surface area contributed by atoms with E-state index < -0.39 is 45.8 Å². The highest BCUT2D eigenvalue weighted by Crippen LogP contribution is 2.34. The van der Waals surface area contributed by atoms with Crippen LogP contribution < -0.4 is 0 Å². The lowest BCUT2D eigenvalue weighted by Crippen LogP contribution is -2.24. The van der Waals surface area contributed by atoms with Crippen LogP contribution in [0.1, 0.15) is 16.2 Å². The van der Waals surface area contributed by atoms with Crippen molar-refractivity contribution < 1.29 is 31.1 Å². The number of hydrogen-bond donors (Lipinski definition) is 1. The van der Waals surface area contributed by atoms with Gasteiger partial charge in [-0.2, -0.15) is 26.3 Å². The molecule has 0 amide bonds. The molecule has 118 valence electrons. The lowest BCUT2D eigenvalue weighted by atomic mass is 10.2. The molecule has 2 rings (SSSR count). The highest BCUT2D eigenvalue weighted by molar-refractivity contribution is 9.10. The van der Waals surface area contributed by atoms with Crippen LogP contribution in [-0.4, -0.2) is 31.9 Å². The highest BCUT2D eigenvalue weighted by Gasteiger charge is 2.41. The van der Waals surface area contributed by atoms with E-state index in [0.717, 1.165) is 6.20 Å². The van der Waals surface area contributed by atoms with Crippen molar-refractivity contribution in [2.24, 2.45) is 0 Å². The van der Waals surface area contributed by atoms with Crippen LogP contribution in [0.25, 0.3) is 11.6 Å². The fourth-order valence-corrected chi connectivity index (χ4v) is 1.89. The second kappa shape index (κ2) is 5.34. The molecule has 0 aromatic carbocycles. The SMILES string of the molecule is O=C(c1ccnc(-c2nc(Br)c(C(F)(F)F)[nH]2)n1)C(F)(F)F. The largest absolute Gasteiger partial charge is 0.456 e. The Hall–Kier alpha value is -1.98. The van der Waals surface area contributed by atoms with E-state index in [9.17, 15) is 31.1 Å². The number of ketones is 1. The van der Waals surface area contributed by atoms with Gasteiger partial charge in [0, 0.05) is 6.20 Å². The number of rotatable bonds is 2. The maximum atomic E-state index is 12.6. The van der Waals surface area contributed by atoms with Gasteiger partial charge in [-0.15, -0.1) is 0 Å². The molecule has 2 aromatic rings. The van der Waals surface area contributed by atoms with Gasteiger partial charge in [-0.05, 0) is 22.0 Å². The number of imidazole rings is 1. The number of carbonyl (C=O) groups is 1. The molecular weight excluding hydrogens is 386 g/mol. The summed E-state index contributed by atoms with van der Waals surface area (Å²) in [5.74, 6) is -3.35. The third-order valence-corrected chi connectivity index (χ3v) is 2.87. The molecule has 2 heterocycles. The van der Waals surface area contributed by atoms with Crippen molar-refractivity contribution >= 4 is 21.7 Å². The maximum Gasteiger partial charge on any atom is 0.456 e. The molecule has 1 N–H and O–H groups in total. The van der Waals surface area contributed by atoms with Crippen LogP contribution in [-0.2, 0) is 6.18 Å². The summed E-state index contributed by atoms with van der Waals surface area (Å²) in [5, 5.41) is 0. The van der Waals surface area contributed by atoms with Gasteiger partial charge >= 0.3 is 12.4 Å². The first-order valence-corrected chi connectivity index (χ1v) is 6.07. The lowest BCUT2D eigenvalue weighted by molar-refractivity contribution is -0.141. The molecule has 0 aliphatic rings. The van der Waals surface area contributed by atoms with E-state index >= 15 is 0 Å². The molecule has 0 saturated carbocycles. The average Bonchev–Trinajstić information content (AvgIpc) is 2.79. The summed E-state index contributed by atoms with van der Waals surface area (Å²) in [5.41, 5.74) is -2.25. The van der Waals surface area contributed by atoms with E-state index in [1.807, 2.05) is 4.98 Å². The zero-order valence-electron chi connectivity index (χ0n) is 10.1. The van der Waals surface area contributed by atoms with E-state index in [-0.39, 0.29) is 0 Å². The number of halogens is 7. The Morgan fingerprint density at radius 3 is 2.27 bits per heavy atom. The lowest BCUT2D eigenvalue weighted by Gasteiger charge is -2.05. The molecule has 0 fully saturated rings. The summed E-state index contributed by atoms with van der Waals surface area (Å²) in [6, 6.07) is 0.696. The number of Topliss-reactive ketones (excluding diaryl/α,β-unsaturated/α-hetero) is 1. The third-order valence-electron chi connectivity index (χ3n) is 2.30. The Labute approximate surface area is 125 Å². The number of aromatic nitrogens is 4. The Morgan fingerprint density at radius 2 is 1.77 bits per heavy atom.